The Bertz CT molecular complexity index is 1150. The van der Waals surface area contributed by atoms with Gasteiger partial charge in [-0.3, -0.25) is 9.59 Å². The van der Waals surface area contributed by atoms with Gasteiger partial charge in [0.1, 0.15) is 0 Å². The van der Waals surface area contributed by atoms with E-state index in [0.29, 0.717) is 25.9 Å². The Morgan fingerprint density at radius 3 is 0.772 bits per heavy atom. The first-order valence-electron chi connectivity index (χ1n) is 36.8. The van der Waals surface area contributed by atoms with E-state index >= 15 is 0 Å². The van der Waals surface area contributed by atoms with Crippen LogP contribution in [0, 0.1) is 0 Å². The van der Waals surface area contributed by atoms with Crippen molar-refractivity contribution in [3.8, 4) is 0 Å². The van der Waals surface area contributed by atoms with Gasteiger partial charge in [0.25, 0.3) is 0 Å². The molecule has 0 saturated heterocycles. The quantitative estimate of drug-likeness (QED) is 0.0417. The predicted molar refractivity (Wildman–Crippen MR) is 347 cm³/mol. The van der Waals surface area contributed by atoms with Gasteiger partial charge >= 0.3 is 5.97 Å². The van der Waals surface area contributed by atoms with Crippen molar-refractivity contribution in [2.45, 2.75) is 443 Å². The molecule has 0 saturated carbocycles. The van der Waals surface area contributed by atoms with E-state index in [1.807, 2.05) is 0 Å². The van der Waals surface area contributed by atoms with Crippen LogP contribution in [0.1, 0.15) is 431 Å². The average Bonchev–Trinajstić information content (AvgIpc) is 3.45. The van der Waals surface area contributed by atoms with E-state index in [0.717, 1.165) is 38.5 Å². The molecule has 0 aliphatic heterocycles. The third kappa shape index (κ3) is 65.9. The number of carbonyl (C=O) groups excluding carboxylic acids is 2. The lowest BCUT2D eigenvalue weighted by Crippen LogP contribution is -2.45. The third-order valence-corrected chi connectivity index (χ3v) is 17.7. The van der Waals surface area contributed by atoms with E-state index in [4.69, 9.17) is 4.74 Å². The largest absolute Gasteiger partial charge is 0.466 e. The van der Waals surface area contributed by atoms with E-state index in [9.17, 15) is 19.8 Å². The van der Waals surface area contributed by atoms with Crippen molar-refractivity contribution in [3.05, 3.63) is 0 Å². The topological polar surface area (TPSA) is 95.9 Å². The maximum atomic E-state index is 12.6. The first-order valence-corrected chi connectivity index (χ1v) is 36.8. The fourth-order valence-electron chi connectivity index (χ4n) is 12.1. The summed E-state index contributed by atoms with van der Waals surface area (Å²) in [6, 6.07) is -0.542. The fourth-order valence-corrected chi connectivity index (χ4v) is 12.1. The van der Waals surface area contributed by atoms with Crippen LogP contribution in [0.4, 0.5) is 0 Å². The van der Waals surface area contributed by atoms with Crippen LogP contribution in [-0.2, 0) is 14.3 Å². The van der Waals surface area contributed by atoms with Crippen LogP contribution in [0.15, 0.2) is 0 Å². The summed E-state index contributed by atoms with van der Waals surface area (Å²) in [5.74, 6) is -0.0116. The van der Waals surface area contributed by atoms with Crippen molar-refractivity contribution in [2.75, 3.05) is 13.2 Å². The smallest absolute Gasteiger partial charge is 0.305 e. The lowest BCUT2D eigenvalue weighted by Gasteiger charge is -2.22. The Labute approximate surface area is 496 Å². The molecule has 6 nitrogen and oxygen atoms in total. The van der Waals surface area contributed by atoms with Crippen LogP contribution in [0.5, 0.6) is 0 Å². The number of amides is 1. The lowest BCUT2D eigenvalue weighted by molar-refractivity contribution is -0.143. The van der Waals surface area contributed by atoms with E-state index in [1.165, 1.54) is 360 Å². The molecule has 6 heteroatoms. The first-order chi connectivity index (χ1) is 39.0. The normalized spacial score (nSPS) is 12.4. The summed E-state index contributed by atoms with van der Waals surface area (Å²) in [7, 11) is 0. The van der Waals surface area contributed by atoms with Gasteiger partial charge in [0.15, 0.2) is 0 Å². The number of esters is 1. The second-order valence-electron chi connectivity index (χ2n) is 25.6. The molecule has 0 aromatic rings. The van der Waals surface area contributed by atoms with Gasteiger partial charge in [-0.15, -0.1) is 0 Å². The number of carbonyl (C=O) groups is 2. The first kappa shape index (κ1) is 77.9. The van der Waals surface area contributed by atoms with Crippen molar-refractivity contribution in [1.82, 2.24) is 5.32 Å². The minimum absolute atomic E-state index is 0.0182. The van der Waals surface area contributed by atoms with Crippen LogP contribution in [0.3, 0.4) is 0 Å². The van der Waals surface area contributed by atoms with E-state index in [-0.39, 0.29) is 18.5 Å². The highest BCUT2D eigenvalue weighted by molar-refractivity contribution is 5.76. The molecular weight excluding hydrogens is 971 g/mol. The molecule has 79 heavy (non-hydrogen) atoms. The van der Waals surface area contributed by atoms with E-state index < -0.39 is 12.1 Å². The monoisotopic (exact) mass is 1120 g/mol. The zero-order valence-corrected chi connectivity index (χ0v) is 54.2. The second-order valence-corrected chi connectivity index (χ2v) is 25.6. The fraction of sp³-hybridized carbons (Fsp3) is 0.973. The van der Waals surface area contributed by atoms with Crippen molar-refractivity contribution < 1.29 is 24.5 Å². The number of hydrogen-bond donors (Lipinski definition) is 3. The highest BCUT2D eigenvalue weighted by atomic mass is 16.5. The van der Waals surface area contributed by atoms with Gasteiger partial charge in [0.05, 0.1) is 25.4 Å². The van der Waals surface area contributed by atoms with Crippen LogP contribution in [0.2, 0.25) is 0 Å². The van der Waals surface area contributed by atoms with E-state index in [2.05, 4.69) is 19.2 Å². The van der Waals surface area contributed by atoms with Crippen molar-refractivity contribution in [3.63, 3.8) is 0 Å². The van der Waals surface area contributed by atoms with Crippen molar-refractivity contribution >= 4 is 11.9 Å². The van der Waals surface area contributed by atoms with Gasteiger partial charge in [0, 0.05) is 12.8 Å². The molecule has 2 unspecified atom stereocenters. The Balaban J connectivity index is 3.36. The molecule has 3 N–H and O–H groups in total. The standard InChI is InChI=1S/C73H145NO5/c1-3-5-7-9-11-13-15-17-19-21-23-24-25-27-30-33-37-41-45-49-53-57-61-65-71(76)70(69-75)74-72(77)66-62-58-54-50-46-42-38-34-31-28-26-29-32-36-40-44-48-52-56-60-64-68-79-73(78)67-63-59-55-51-47-43-39-35-22-20-18-16-14-12-10-8-6-4-2/h70-71,75-76H,3-69H2,1-2H3,(H,74,77). The van der Waals surface area contributed by atoms with Crippen LogP contribution >= 0.6 is 0 Å². The van der Waals surface area contributed by atoms with Crippen LogP contribution in [0.25, 0.3) is 0 Å². The summed E-state index contributed by atoms with van der Waals surface area (Å²) in [6.07, 6.45) is 84.4. The third-order valence-electron chi connectivity index (χ3n) is 17.7. The zero-order chi connectivity index (χ0) is 57.1. The molecule has 0 bridgehead atoms. The molecular formula is C73H145NO5. The SMILES string of the molecule is CCCCCCCCCCCCCCCCCCCCCCCCCC(O)C(CO)NC(=O)CCCCCCCCCCCCCCCCCCCCCCCOC(=O)CCCCCCCCCCCCCCCCCCCC. The molecule has 0 aliphatic rings. The molecule has 0 aromatic heterocycles. The molecule has 0 fully saturated rings. The lowest BCUT2D eigenvalue weighted by atomic mass is 10.0. The molecule has 472 valence electrons. The molecule has 1 amide bonds. The number of nitrogens with one attached hydrogen (secondary N) is 1. The molecule has 0 aliphatic carbocycles. The molecule has 0 rings (SSSR count). The maximum absolute atomic E-state index is 12.6. The van der Waals surface area contributed by atoms with Gasteiger partial charge in [-0.25, -0.2) is 0 Å². The highest BCUT2D eigenvalue weighted by Crippen LogP contribution is 2.20. The van der Waals surface area contributed by atoms with Gasteiger partial charge < -0.3 is 20.3 Å². The number of unbranched alkanes of at least 4 members (excludes halogenated alkanes) is 59. The number of aliphatic hydroxyl groups is 2. The Hall–Kier alpha value is -1.14. The van der Waals surface area contributed by atoms with E-state index in [1.54, 1.807) is 0 Å². The number of rotatable bonds is 70. The molecule has 2 atom stereocenters. The van der Waals surface area contributed by atoms with Crippen LogP contribution < -0.4 is 5.32 Å². The predicted octanol–water partition coefficient (Wildman–Crippen LogP) is 23.8. The Morgan fingerprint density at radius 2 is 0.519 bits per heavy atom. The van der Waals surface area contributed by atoms with Gasteiger partial charge in [-0.05, 0) is 25.7 Å². The van der Waals surface area contributed by atoms with Crippen molar-refractivity contribution in [2.24, 2.45) is 0 Å². The average molecular weight is 1120 g/mol. The minimum atomic E-state index is -0.665. The highest BCUT2D eigenvalue weighted by Gasteiger charge is 2.20. The summed E-state index contributed by atoms with van der Waals surface area (Å²) in [4.78, 5) is 24.7. The number of ether oxygens (including phenoxy) is 1. The van der Waals surface area contributed by atoms with Crippen molar-refractivity contribution in [1.29, 1.82) is 0 Å². The zero-order valence-electron chi connectivity index (χ0n) is 54.2. The summed E-state index contributed by atoms with van der Waals surface area (Å²) in [5, 5.41) is 23.4. The maximum Gasteiger partial charge on any atom is 0.305 e. The Kier molecular flexibility index (Phi) is 68.4. The summed E-state index contributed by atoms with van der Waals surface area (Å²) in [5.41, 5.74) is 0. The minimum Gasteiger partial charge on any atom is -0.466 e. The van der Waals surface area contributed by atoms with Gasteiger partial charge in [-0.1, -0.05) is 393 Å². The number of hydrogen-bond acceptors (Lipinski definition) is 5. The molecule has 0 radical (unpaired) electrons. The van der Waals surface area contributed by atoms with Gasteiger partial charge in [0.2, 0.25) is 5.91 Å². The molecule has 0 heterocycles. The summed E-state index contributed by atoms with van der Waals surface area (Å²) in [6.45, 7) is 5.01. The summed E-state index contributed by atoms with van der Waals surface area (Å²) >= 11 is 0. The summed E-state index contributed by atoms with van der Waals surface area (Å²) < 4.78 is 5.51. The van der Waals surface area contributed by atoms with Gasteiger partial charge in [-0.2, -0.15) is 0 Å². The van der Waals surface area contributed by atoms with Crippen LogP contribution in [-0.4, -0.2) is 47.4 Å². The number of aliphatic hydroxyl groups excluding tert-OH is 2. The molecule has 0 spiro atoms. The second kappa shape index (κ2) is 69.4. The molecule has 0 aromatic carbocycles. The Morgan fingerprint density at radius 1 is 0.304 bits per heavy atom.